The number of hydrogen-bond donors (Lipinski definition) is 0. The first-order valence-electron chi connectivity index (χ1n) is 12.8. The quantitative estimate of drug-likeness (QED) is 0.223. The Balaban J connectivity index is 0.00000484. The summed E-state index contributed by atoms with van der Waals surface area (Å²) in [6.07, 6.45) is 3.92. The fourth-order valence-corrected chi connectivity index (χ4v) is 5.83. The number of H-pyrrole nitrogens is 1. The molecular formula is C28H30Cl2F2N2O7S. The first-order chi connectivity index (χ1) is 19.5. The van der Waals surface area contributed by atoms with Crippen LogP contribution in [0.4, 0.5) is 8.78 Å². The monoisotopic (exact) mass is 646 g/mol. The summed E-state index contributed by atoms with van der Waals surface area (Å²) in [4.78, 5) is 16.2. The van der Waals surface area contributed by atoms with Crippen molar-refractivity contribution < 1.29 is 46.7 Å². The molecule has 1 heterocycles. The molecule has 42 heavy (non-hydrogen) atoms. The normalized spacial score (nSPS) is 14.7. The number of likely N-dealkylation sites (N-methyl/N-ethyl adjacent to an activating group) is 1. The van der Waals surface area contributed by atoms with Gasteiger partial charge in [-0.1, -0.05) is 47.5 Å². The maximum atomic E-state index is 13.4. The Morgan fingerprint density at radius 3 is 2.31 bits per heavy atom. The zero-order valence-electron chi connectivity index (χ0n) is 22.7. The van der Waals surface area contributed by atoms with Crippen LogP contribution in [0, 0.1) is 5.92 Å². The topological polar surface area (TPSA) is 126 Å². The minimum Gasteiger partial charge on any atom is -0.870 e. The number of esters is 1. The third-order valence-corrected chi connectivity index (χ3v) is 9.30. The van der Waals surface area contributed by atoms with Crippen molar-refractivity contribution in [3.8, 4) is 11.5 Å². The van der Waals surface area contributed by atoms with Crippen molar-refractivity contribution in [3.63, 3.8) is 0 Å². The first-order valence-corrected chi connectivity index (χ1v) is 15.0. The number of sulfonamides is 1. The molecule has 0 amide bonds. The van der Waals surface area contributed by atoms with Gasteiger partial charge in [0.15, 0.2) is 23.9 Å². The second-order valence-electron chi connectivity index (χ2n) is 9.61. The summed E-state index contributed by atoms with van der Waals surface area (Å²) in [5.74, 6) is -0.624. The predicted octanol–water partition coefficient (Wildman–Crippen LogP) is 5.56. The third kappa shape index (κ3) is 8.29. The molecule has 0 bridgehead atoms. The zero-order valence-corrected chi connectivity index (χ0v) is 25.0. The van der Waals surface area contributed by atoms with Gasteiger partial charge in [0, 0.05) is 19.0 Å². The average Bonchev–Trinajstić information content (AvgIpc) is 3.78. The molecule has 1 aliphatic rings. The van der Waals surface area contributed by atoms with E-state index in [0.717, 1.165) is 17.1 Å². The van der Waals surface area contributed by atoms with Crippen LogP contribution in [0.1, 0.15) is 37.0 Å². The van der Waals surface area contributed by atoms with Crippen LogP contribution in [0.25, 0.3) is 0 Å². The van der Waals surface area contributed by atoms with Gasteiger partial charge in [-0.3, -0.25) is 4.79 Å². The van der Waals surface area contributed by atoms with Crippen LogP contribution in [0.5, 0.6) is 11.5 Å². The lowest BCUT2D eigenvalue weighted by Gasteiger charge is -2.26. The van der Waals surface area contributed by atoms with Gasteiger partial charge >= 0.3 is 12.6 Å². The van der Waals surface area contributed by atoms with Crippen molar-refractivity contribution in [2.24, 2.45) is 5.92 Å². The Hall–Kier alpha value is -3.03. The van der Waals surface area contributed by atoms with E-state index < -0.39 is 34.7 Å². The molecule has 0 unspecified atom stereocenters. The number of ether oxygens (including phenoxy) is 3. The Morgan fingerprint density at radius 1 is 1.07 bits per heavy atom. The van der Waals surface area contributed by atoms with Crippen molar-refractivity contribution in [2.75, 3.05) is 13.7 Å². The standard InChI is InChI=1S/C28H28Cl2F2N2O6S.H2O/c1-17(34(2)41(36,37)20-6-4-3-5-7-20)27(35)39-25(13-21-22(29)14-33-15-23(21)30)19-10-11-24(40-28(31)32)26(12-19)38-16-18-8-9-18;/h3-7,10-12,14-15,17-18,25,28H,8-9,13,16H2,1-2H3;1H2/t17-,25-;/m1./s1. The van der Waals surface area contributed by atoms with Gasteiger partial charge < -0.3 is 19.7 Å². The van der Waals surface area contributed by atoms with Gasteiger partial charge in [-0.2, -0.15) is 13.1 Å². The van der Waals surface area contributed by atoms with E-state index in [4.69, 9.17) is 32.7 Å². The summed E-state index contributed by atoms with van der Waals surface area (Å²) in [6, 6.07) is 10.7. The summed E-state index contributed by atoms with van der Waals surface area (Å²) in [7, 11) is -2.73. The van der Waals surface area contributed by atoms with Crippen molar-refractivity contribution in [1.82, 2.24) is 4.31 Å². The fraction of sp³-hybridized carbons (Fsp3) is 0.357. The summed E-state index contributed by atoms with van der Waals surface area (Å²) in [6.45, 7) is -1.35. The van der Waals surface area contributed by atoms with Crippen molar-refractivity contribution >= 4 is 39.2 Å². The predicted molar refractivity (Wildman–Crippen MR) is 150 cm³/mol. The van der Waals surface area contributed by atoms with Crippen LogP contribution < -0.4 is 14.5 Å². The van der Waals surface area contributed by atoms with Gasteiger partial charge in [-0.25, -0.2) is 13.4 Å². The zero-order chi connectivity index (χ0) is 29.7. The second-order valence-corrected chi connectivity index (χ2v) is 12.4. The Kier molecular flexibility index (Phi) is 11.5. The molecule has 2 N–H and O–H groups in total. The number of benzene rings is 2. The number of carbonyl (C=O) groups excluding carboxylic acids is 1. The molecule has 0 saturated heterocycles. The lowest BCUT2D eigenvalue weighted by molar-refractivity contribution is -0.377. The largest absolute Gasteiger partial charge is 0.870 e. The van der Waals surface area contributed by atoms with E-state index in [1.807, 2.05) is 0 Å². The lowest BCUT2D eigenvalue weighted by atomic mass is 10.0. The molecule has 14 heteroatoms. The summed E-state index contributed by atoms with van der Waals surface area (Å²) in [5, 5.41) is 0.552. The lowest BCUT2D eigenvalue weighted by Crippen LogP contribution is -2.41. The highest BCUT2D eigenvalue weighted by atomic mass is 35.5. The van der Waals surface area contributed by atoms with E-state index in [9.17, 15) is 22.0 Å². The summed E-state index contributed by atoms with van der Waals surface area (Å²) in [5.41, 5.74) is 0.836. The van der Waals surface area contributed by atoms with E-state index in [0.29, 0.717) is 23.7 Å². The number of rotatable bonds is 13. The molecule has 1 fully saturated rings. The van der Waals surface area contributed by atoms with Gasteiger partial charge in [-0.15, -0.1) is 0 Å². The van der Waals surface area contributed by atoms with E-state index in [-0.39, 0.29) is 38.3 Å². The van der Waals surface area contributed by atoms with Gasteiger partial charge in [-0.05, 0) is 55.5 Å². The number of nitrogens with zero attached hydrogens (tertiary/aromatic N) is 1. The number of aromatic amines is 1. The van der Waals surface area contributed by atoms with Crippen LogP contribution >= 0.6 is 23.2 Å². The summed E-state index contributed by atoms with van der Waals surface area (Å²) >= 11 is 12.7. The van der Waals surface area contributed by atoms with Gasteiger partial charge in [0.05, 0.1) is 11.5 Å². The number of halogens is 4. The second kappa shape index (κ2) is 14.4. The van der Waals surface area contributed by atoms with Crippen LogP contribution in [-0.2, 0) is 26.0 Å². The minimum atomic E-state index is -4.01. The van der Waals surface area contributed by atoms with Crippen LogP contribution in [-0.4, -0.2) is 50.5 Å². The van der Waals surface area contributed by atoms with Gasteiger partial charge in [0.1, 0.15) is 22.2 Å². The molecule has 2 aromatic carbocycles. The smallest absolute Gasteiger partial charge is 0.387 e. The van der Waals surface area contributed by atoms with E-state index in [2.05, 4.69) is 9.72 Å². The number of carbonyl (C=O) groups is 1. The van der Waals surface area contributed by atoms with Crippen LogP contribution in [0.2, 0.25) is 10.0 Å². The summed E-state index contributed by atoms with van der Waals surface area (Å²) < 4.78 is 69.6. The molecule has 0 spiro atoms. The number of hydrogen-bond acceptors (Lipinski definition) is 7. The molecule has 1 saturated carbocycles. The van der Waals surface area contributed by atoms with E-state index in [1.165, 1.54) is 56.7 Å². The highest BCUT2D eigenvalue weighted by Gasteiger charge is 2.33. The Morgan fingerprint density at radius 2 is 1.71 bits per heavy atom. The third-order valence-electron chi connectivity index (χ3n) is 6.68. The molecule has 228 valence electrons. The number of pyridine rings is 1. The van der Waals surface area contributed by atoms with Gasteiger partial charge in [0.2, 0.25) is 10.0 Å². The van der Waals surface area contributed by atoms with Gasteiger partial charge in [0.25, 0.3) is 0 Å². The molecular weight excluding hydrogens is 617 g/mol. The average molecular weight is 648 g/mol. The highest BCUT2D eigenvalue weighted by molar-refractivity contribution is 7.89. The molecule has 4 rings (SSSR count). The molecule has 1 aromatic heterocycles. The number of nitrogens with one attached hydrogen (secondary N) is 1. The van der Waals surface area contributed by atoms with Crippen molar-refractivity contribution in [1.29, 1.82) is 0 Å². The fourth-order valence-electron chi connectivity index (χ4n) is 3.96. The number of alkyl halides is 2. The van der Waals surface area contributed by atoms with E-state index >= 15 is 0 Å². The van der Waals surface area contributed by atoms with Crippen LogP contribution in [0.15, 0.2) is 65.8 Å². The van der Waals surface area contributed by atoms with Crippen LogP contribution in [0.3, 0.4) is 0 Å². The molecule has 2 atom stereocenters. The Bertz CT molecular complexity index is 1460. The van der Waals surface area contributed by atoms with Crippen molar-refractivity contribution in [2.45, 2.75) is 49.8 Å². The molecule has 0 aliphatic heterocycles. The molecule has 1 aliphatic carbocycles. The van der Waals surface area contributed by atoms with Crippen molar-refractivity contribution in [3.05, 3.63) is 82.1 Å². The number of aromatic nitrogens is 1. The minimum absolute atomic E-state index is 0. The molecule has 3 aromatic rings. The van der Waals surface area contributed by atoms with E-state index in [1.54, 1.807) is 18.2 Å². The molecule has 0 radical (unpaired) electrons. The maximum Gasteiger partial charge on any atom is 0.387 e. The molecule has 9 nitrogen and oxygen atoms in total. The SMILES string of the molecule is C[C@H](C(=O)O[C@H](Cc1c(Cl)c[nH+]cc1Cl)c1ccc(OC(F)F)c(OCC2CC2)c1)N(C)S(=O)(=O)c1ccccc1.[OH-]. The first kappa shape index (κ1) is 33.5. The highest BCUT2D eigenvalue weighted by Crippen LogP contribution is 2.38. The Labute approximate surface area is 252 Å². The maximum absolute atomic E-state index is 13.4.